The molecule has 1 aromatic carbocycles. The Morgan fingerprint density at radius 1 is 1.30 bits per heavy atom. The number of carbonyl (C=O) groups excluding carboxylic acids is 1. The third-order valence-electron chi connectivity index (χ3n) is 3.34. The first-order valence-corrected chi connectivity index (χ1v) is 6.97. The average Bonchev–Trinajstić information content (AvgIpc) is 3.21. The van der Waals surface area contributed by atoms with Gasteiger partial charge in [-0.3, -0.25) is 4.79 Å². The predicted molar refractivity (Wildman–Crippen MR) is 80.9 cm³/mol. The van der Waals surface area contributed by atoms with Crippen LogP contribution in [0.1, 0.15) is 21.9 Å². The van der Waals surface area contributed by atoms with Gasteiger partial charge in [-0.2, -0.15) is 0 Å². The zero-order valence-electron chi connectivity index (χ0n) is 12.7. The summed E-state index contributed by atoms with van der Waals surface area (Å²) in [7, 11) is 1.61. The molecule has 0 aliphatic carbocycles. The predicted octanol–water partition coefficient (Wildman–Crippen LogP) is 2.58. The van der Waals surface area contributed by atoms with E-state index >= 15 is 0 Å². The van der Waals surface area contributed by atoms with Crippen molar-refractivity contribution in [1.29, 1.82) is 0 Å². The zero-order valence-corrected chi connectivity index (χ0v) is 12.7. The van der Waals surface area contributed by atoms with E-state index in [9.17, 15) is 4.79 Å². The molecule has 2 aromatic heterocycles. The van der Waals surface area contributed by atoms with Crippen molar-refractivity contribution in [2.75, 3.05) is 7.11 Å². The number of aromatic nitrogens is 2. The highest BCUT2D eigenvalue weighted by Crippen LogP contribution is 2.23. The fraction of sp³-hybridized carbons (Fsp3) is 0.188. The van der Waals surface area contributed by atoms with Crippen molar-refractivity contribution in [3.8, 4) is 17.0 Å². The van der Waals surface area contributed by atoms with Gasteiger partial charge in [0.2, 0.25) is 0 Å². The number of nitrogens with zero attached hydrogens (tertiary/aromatic N) is 2. The monoisotopic (exact) mass is 313 g/mol. The largest absolute Gasteiger partial charge is 0.497 e. The maximum Gasteiger partial charge on any atom is 0.256 e. The highest BCUT2D eigenvalue weighted by molar-refractivity contribution is 5.94. The van der Waals surface area contributed by atoms with E-state index in [0.29, 0.717) is 22.8 Å². The van der Waals surface area contributed by atoms with Gasteiger partial charge >= 0.3 is 0 Å². The minimum Gasteiger partial charge on any atom is -0.497 e. The first kappa shape index (κ1) is 14.8. The van der Waals surface area contributed by atoms with Crippen LogP contribution in [0, 0.1) is 6.92 Å². The molecule has 0 radical (unpaired) electrons. The molecule has 3 rings (SSSR count). The van der Waals surface area contributed by atoms with Gasteiger partial charge in [-0.05, 0) is 19.1 Å². The van der Waals surface area contributed by atoms with E-state index in [1.165, 1.54) is 6.20 Å². The number of benzene rings is 1. The summed E-state index contributed by atoms with van der Waals surface area (Å²) in [6.07, 6.45) is 1.38. The molecule has 7 heteroatoms. The average molecular weight is 313 g/mol. The van der Waals surface area contributed by atoms with Gasteiger partial charge in [0.05, 0.1) is 19.9 Å². The molecule has 0 saturated heterocycles. The maximum atomic E-state index is 12.0. The second kappa shape index (κ2) is 6.35. The smallest absolute Gasteiger partial charge is 0.256 e. The van der Waals surface area contributed by atoms with Crippen molar-refractivity contribution < 1.29 is 18.6 Å². The second-order valence-corrected chi connectivity index (χ2v) is 4.89. The third-order valence-corrected chi connectivity index (χ3v) is 3.34. The second-order valence-electron chi connectivity index (χ2n) is 4.89. The van der Waals surface area contributed by atoms with Crippen molar-refractivity contribution in [3.63, 3.8) is 0 Å². The molecule has 1 amide bonds. The summed E-state index contributed by atoms with van der Waals surface area (Å²) >= 11 is 0. The molecule has 0 atom stereocenters. The van der Waals surface area contributed by atoms with Crippen molar-refractivity contribution in [2.24, 2.45) is 0 Å². The van der Waals surface area contributed by atoms with Gasteiger partial charge in [0.15, 0.2) is 5.76 Å². The lowest BCUT2D eigenvalue weighted by atomic mass is 10.1. The van der Waals surface area contributed by atoms with E-state index in [4.69, 9.17) is 13.8 Å². The molecule has 3 aromatic rings. The molecule has 2 heterocycles. The summed E-state index contributed by atoms with van der Waals surface area (Å²) in [5.41, 5.74) is 1.95. The molecule has 0 spiro atoms. The van der Waals surface area contributed by atoms with Crippen LogP contribution in [-0.4, -0.2) is 23.3 Å². The van der Waals surface area contributed by atoms with Gasteiger partial charge in [0.1, 0.15) is 22.8 Å². The van der Waals surface area contributed by atoms with E-state index < -0.39 is 0 Å². The number of carbonyl (C=O) groups is 1. The fourth-order valence-electron chi connectivity index (χ4n) is 2.09. The Labute approximate surface area is 132 Å². The van der Waals surface area contributed by atoms with E-state index in [-0.39, 0.29) is 12.5 Å². The number of nitrogens with one attached hydrogen (secondary N) is 1. The molecule has 0 fully saturated rings. The molecule has 0 aliphatic heterocycles. The first-order chi connectivity index (χ1) is 11.2. The molecule has 7 nitrogen and oxygen atoms in total. The van der Waals surface area contributed by atoms with E-state index in [1.807, 2.05) is 24.3 Å². The lowest BCUT2D eigenvalue weighted by Crippen LogP contribution is -2.22. The molecule has 23 heavy (non-hydrogen) atoms. The molecular weight excluding hydrogens is 298 g/mol. The number of hydrogen-bond donors (Lipinski definition) is 1. The Morgan fingerprint density at radius 2 is 2.17 bits per heavy atom. The van der Waals surface area contributed by atoms with Crippen molar-refractivity contribution in [2.45, 2.75) is 13.5 Å². The lowest BCUT2D eigenvalue weighted by molar-refractivity contribution is 0.0945. The summed E-state index contributed by atoms with van der Waals surface area (Å²) in [6.45, 7) is 1.90. The van der Waals surface area contributed by atoms with Crippen LogP contribution in [0.15, 0.2) is 45.6 Å². The van der Waals surface area contributed by atoms with Crippen LogP contribution in [0.25, 0.3) is 11.3 Å². The Morgan fingerprint density at radius 3 is 2.91 bits per heavy atom. The van der Waals surface area contributed by atoms with Gasteiger partial charge in [0.25, 0.3) is 5.91 Å². The molecule has 0 aliphatic rings. The number of rotatable bonds is 5. The van der Waals surface area contributed by atoms with Crippen molar-refractivity contribution in [3.05, 3.63) is 53.6 Å². The third kappa shape index (κ3) is 3.23. The molecular formula is C16H15N3O4. The maximum absolute atomic E-state index is 12.0. The van der Waals surface area contributed by atoms with E-state index in [1.54, 1.807) is 20.1 Å². The number of hydrogen-bond acceptors (Lipinski definition) is 6. The highest BCUT2D eigenvalue weighted by Gasteiger charge is 2.14. The van der Waals surface area contributed by atoms with Crippen LogP contribution in [0.4, 0.5) is 0 Å². The van der Waals surface area contributed by atoms with Gasteiger partial charge in [-0.25, -0.2) is 0 Å². The Bertz CT molecular complexity index is 822. The number of amides is 1. The Kier molecular flexibility index (Phi) is 4.09. The topological polar surface area (TPSA) is 90.4 Å². The van der Waals surface area contributed by atoms with Crippen molar-refractivity contribution >= 4 is 5.91 Å². The van der Waals surface area contributed by atoms with Crippen LogP contribution >= 0.6 is 0 Å². The molecule has 0 bridgehead atoms. The number of methoxy groups -OCH3 is 1. The summed E-state index contributed by atoms with van der Waals surface area (Å²) in [6, 6.07) is 9.27. The minimum absolute atomic E-state index is 0.223. The van der Waals surface area contributed by atoms with Gasteiger partial charge in [0, 0.05) is 11.6 Å². The Balaban J connectivity index is 1.68. The summed E-state index contributed by atoms with van der Waals surface area (Å²) in [4.78, 5) is 12.0. The summed E-state index contributed by atoms with van der Waals surface area (Å²) < 4.78 is 15.3. The Hall–Kier alpha value is -3.09. The number of ether oxygens (including phenoxy) is 1. The molecule has 1 N–H and O–H groups in total. The van der Waals surface area contributed by atoms with Crippen LogP contribution in [0.5, 0.6) is 5.75 Å². The lowest BCUT2D eigenvalue weighted by Gasteiger charge is -2.00. The summed E-state index contributed by atoms with van der Waals surface area (Å²) in [5, 5.41) is 10.3. The SMILES string of the molecule is COc1cccc(-c2cc(CNC(=O)c3cnoc3C)on2)c1. The van der Waals surface area contributed by atoms with Crippen LogP contribution < -0.4 is 10.1 Å². The van der Waals surface area contributed by atoms with E-state index in [0.717, 1.165) is 11.3 Å². The first-order valence-electron chi connectivity index (χ1n) is 6.97. The van der Waals surface area contributed by atoms with Crippen LogP contribution in [0.2, 0.25) is 0 Å². The summed E-state index contributed by atoms with van der Waals surface area (Å²) in [5.74, 6) is 1.48. The van der Waals surface area contributed by atoms with Gasteiger partial charge in [-0.15, -0.1) is 0 Å². The van der Waals surface area contributed by atoms with Crippen LogP contribution in [0.3, 0.4) is 0 Å². The molecule has 0 unspecified atom stereocenters. The van der Waals surface area contributed by atoms with Crippen molar-refractivity contribution in [1.82, 2.24) is 15.6 Å². The molecule has 0 saturated carbocycles. The van der Waals surface area contributed by atoms with Crippen LogP contribution in [-0.2, 0) is 6.54 Å². The van der Waals surface area contributed by atoms with Gasteiger partial charge in [-0.1, -0.05) is 22.4 Å². The van der Waals surface area contributed by atoms with E-state index in [2.05, 4.69) is 15.6 Å². The molecule has 118 valence electrons. The van der Waals surface area contributed by atoms with Gasteiger partial charge < -0.3 is 19.1 Å². The highest BCUT2D eigenvalue weighted by atomic mass is 16.5. The quantitative estimate of drug-likeness (QED) is 0.778. The standard InChI is InChI=1S/C16H15N3O4/c1-10-14(9-18-22-10)16(20)17-8-13-7-15(19-23-13)11-4-3-5-12(6-11)21-2/h3-7,9H,8H2,1-2H3,(H,17,20). The normalized spacial score (nSPS) is 10.5. The number of aryl methyl sites for hydroxylation is 1. The fourth-order valence-corrected chi connectivity index (χ4v) is 2.09. The minimum atomic E-state index is -0.275. The zero-order chi connectivity index (χ0) is 16.2.